The average Bonchev–Trinajstić information content (AvgIpc) is 2.38. The van der Waals surface area contributed by atoms with Crippen molar-refractivity contribution in [2.75, 3.05) is 46.0 Å². The summed E-state index contributed by atoms with van der Waals surface area (Å²) in [6, 6.07) is 0. The lowest BCUT2D eigenvalue weighted by Crippen LogP contribution is -2.44. The van der Waals surface area contributed by atoms with Crippen LogP contribution in [0.5, 0.6) is 0 Å². The summed E-state index contributed by atoms with van der Waals surface area (Å²) < 4.78 is 24.9. The predicted octanol–water partition coefficient (Wildman–Crippen LogP) is -0.274. The lowest BCUT2D eigenvalue weighted by molar-refractivity contribution is -0.126. The van der Waals surface area contributed by atoms with Crippen molar-refractivity contribution >= 4 is 15.9 Å². The molecular weight excluding hydrogens is 266 g/mol. The fraction of sp³-hybridized carbons (Fsp3) is 0.917. The normalized spacial score (nSPS) is 18.7. The number of carbonyl (C=O) groups is 1. The van der Waals surface area contributed by atoms with E-state index in [1.54, 1.807) is 6.92 Å². The van der Waals surface area contributed by atoms with Gasteiger partial charge in [-0.05, 0) is 33.9 Å². The number of likely N-dealkylation sites (N-methyl/N-ethyl adjacent to an activating group) is 1. The first kappa shape index (κ1) is 16.4. The number of amides is 1. The Balaban J connectivity index is 2.35. The highest BCUT2D eigenvalue weighted by Crippen LogP contribution is 2.19. The number of nitrogens with zero attached hydrogens (tertiary/aromatic N) is 2. The summed E-state index contributed by atoms with van der Waals surface area (Å²) in [5, 5.41) is 2.90. The van der Waals surface area contributed by atoms with Crippen molar-refractivity contribution < 1.29 is 13.2 Å². The van der Waals surface area contributed by atoms with Gasteiger partial charge in [-0.2, -0.15) is 0 Å². The largest absolute Gasteiger partial charge is 0.355 e. The van der Waals surface area contributed by atoms with E-state index in [4.69, 9.17) is 0 Å². The topological polar surface area (TPSA) is 69.7 Å². The molecule has 1 saturated heterocycles. The Morgan fingerprint density at radius 2 is 1.89 bits per heavy atom. The summed E-state index contributed by atoms with van der Waals surface area (Å²) in [4.78, 5) is 13.9. The summed E-state index contributed by atoms with van der Waals surface area (Å²) in [7, 11) is 0.814. The minimum atomic E-state index is -3.10. The molecule has 0 aliphatic carbocycles. The van der Waals surface area contributed by atoms with Crippen molar-refractivity contribution in [2.45, 2.75) is 19.8 Å². The Bertz CT molecular complexity index is 387. The third-order valence-electron chi connectivity index (χ3n) is 3.44. The van der Waals surface area contributed by atoms with Crippen LogP contribution in [-0.2, 0) is 14.8 Å². The van der Waals surface area contributed by atoms with Gasteiger partial charge in [-0.25, -0.2) is 12.7 Å². The Morgan fingerprint density at radius 1 is 1.32 bits per heavy atom. The van der Waals surface area contributed by atoms with Gasteiger partial charge < -0.3 is 10.2 Å². The molecule has 0 aromatic carbocycles. The number of nitrogens with one attached hydrogen (secondary N) is 1. The van der Waals surface area contributed by atoms with Crippen molar-refractivity contribution in [3.63, 3.8) is 0 Å². The van der Waals surface area contributed by atoms with E-state index in [1.165, 1.54) is 4.31 Å². The van der Waals surface area contributed by atoms with Crippen LogP contribution in [-0.4, -0.2) is 69.6 Å². The molecule has 1 rings (SSSR count). The lowest BCUT2D eigenvalue weighted by Gasteiger charge is -2.30. The van der Waals surface area contributed by atoms with E-state index in [9.17, 15) is 13.2 Å². The van der Waals surface area contributed by atoms with Gasteiger partial charge in [0, 0.05) is 32.1 Å². The van der Waals surface area contributed by atoms with E-state index < -0.39 is 10.0 Å². The number of carbonyl (C=O) groups excluding carboxylic acids is 1. The predicted molar refractivity (Wildman–Crippen MR) is 75.3 cm³/mol. The zero-order valence-corrected chi connectivity index (χ0v) is 12.9. The molecule has 1 aliphatic heterocycles. The van der Waals surface area contributed by atoms with Gasteiger partial charge in [-0.3, -0.25) is 4.79 Å². The van der Waals surface area contributed by atoms with E-state index in [0.29, 0.717) is 32.5 Å². The molecule has 0 aromatic heterocycles. The van der Waals surface area contributed by atoms with Crippen molar-refractivity contribution in [3.05, 3.63) is 0 Å². The van der Waals surface area contributed by atoms with Gasteiger partial charge in [0.2, 0.25) is 15.9 Å². The Kier molecular flexibility index (Phi) is 6.22. The molecule has 19 heavy (non-hydrogen) atoms. The molecule has 1 aliphatic rings. The van der Waals surface area contributed by atoms with Crippen LogP contribution in [0.2, 0.25) is 0 Å². The zero-order valence-electron chi connectivity index (χ0n) is 12.1. The van der Waals surface area contributed by atoms with Crippen LogP contribution in [0, 0.1) is 5.92 Å². The van der Waals surface area contributed by atoms with Crippen LogP contribution in [0.3, 0.4) is 0 Å². The molecule has 0 radical (unpaired) electrons. The molecule has 1 heterocycles. The van der Waals surface area contributed by atoms with Crippen LogP contribution in [0.1, 0.15) is 19.8 Å². The minimum absolute atomic E-state index is 0.0505. The zero-order chi connectivity index (χ0) is 14.5. The van der Waals surface area contributed by atoms with Gasteiger partial charge in [0.15, 0.2) is 0 Å². The maximum Gasteiger partial charge on any atom is 0.223 e. The average molecular weight is 291 g/mol. The molecule has 6 nitrogen and oxygen atoms in total. The van der Waals surface area contributed by atoms with Crippen LogP contribution < -0.4 is 5.32 Å². The first-order chi connectivity index (χ1) is 8.86. The van der Waals surface area contributed by atoms with E-state index in [-0.39, 0.29) is 17.6 Å². The summed E-state index contributed by atoms with van der Waals surface area (Å²) in [6.45, 7) is 4.02. The second-order valence-electron chi connectivity index (χ2n) is 5.17. The third-order valence-corrected chi connectivity index (χ3v) is 5.32. The molecule has 0 saturated carbocycles. The summed E-state index contributed by atoms with van der Waals surface area (Å²) >= 11 is 0. The van der Waals surface area contributed by atoms with Crippen molar-refractivity contribution in [1.82, 2.24) is 14.5 Å². The number of piperidine rings is 1. The second-order valence-corrected chi connectivity index (χ2v) is 7.43. The van der Waals surface area contributed by atoms with Gasteiger partial charge in [-0.1, -0.05) is 0 Å². The molecule has 0 aromatic rings. The highest BCUT2D eigenvalue weighted by molar-refractivity contribution is 7.89. The molecule has 7 heteroatoms. The van der Waals surface area contributed by atoms with Gasteiger partial charge in [0.1, 0.15) is 0 Å². The second kappa shape index (κ2) is 7.21. The number of hydrogen-bond acceptors (Lipinski definition) is 4. The van der Waals surface area contributed by atoms with Crippen molar-refractivity contribution in [3.8, 4) is 0 Å². The number of sulfonamides is 1. The van der Waals surface area contributed by atoms with Crippen molar-refractivity contribution in [2.24, 2.45) is 5.92 Å². The third kappa shape index (κ3) is 5.08. The smallest absolute Gasteiger partial charge is 0.223 e. The monoisotopic (exact) mass is 291 g/mol. The molecule has 112 valence electrons. The number of hydrogen-bond donors (Lipinski definition) is 1. The first-order valence-electron chi connectivity index (χ1n) is 6.77. The fourth-order valence-corrected chi connectivity index (χ4v) is 3.26. The quantitative estimate of drug-likeness (QED) is 0.731. The molecule has 0 spiro atoms. The number of rotatable bonds is 6. The first-order valence-corrected chi connectivity index (χ1v) is 8.38. The van der Waals surface area contributed by atoms with E-state index in [1.807, 2.05) is 19.0 Å². The minimum Gasteiger partial charge on any atom is -0.355 e. The molecule has 1 amide bonds. The maximum absolute atomic E-state index is 11.9. The standard InChI is InChI=1S/C12H25N3O3S/c1-4-19(17,18)15-8-5-11(6-9-15)12(16)13-7-10-14(2)3/h11H,4-10H2,1-3H3,(H,13,16). The maximum atomic E-state index is 11.9. The Hall–Kier alpha value is -0.660. The molecule has 1 N–H and O–H groups in total. The highest BCUT2D eigenvalue weighted by atomic mass is 32.2. The molecular formula is C12H25N3O3S. The van der Waals surface area contributed by atoms with Gasteiger partial charge in [0.05, 0.1) is 5.75 Å². The van der Waals surface area contributed by atoms with Gasteiger partial charge >= 0.3 is 0 Å². The molecule has 1 fully saturated rings. The van der Waals surface area contributed by atoms with Crippen molar-refractivity contribution in [1.29, 1.82) is 0 Å². The molecule has 0 atom stereocenters. The van der Waals surface area contributed by atoms with Crippen LogP contribution in [0.4, 0.5) is 0 Å². The summed E-state index contributed by atoms with van der Waals surface area (Å²) in [5.41, 5.74) is 0. The van der Waals surface area contributed by atoms with E-state index >= 15 is 0 Å². The van der Waals surface area contributed by atoms with Crippen LogP contribution in [0.15, 0.2) is 0 Å². The van der Waals surface area contributed by atoms with E-state index in [2.05, 4.69) is 5.32 Å². The fourth-order valence-electron chi connectivity index (χ4n) is 2.13. The van der Waals surface area contributed by atoms with Gasteiger partial charge in [-0.15, -0.1) is 0 Å². The van der Waals surface area contributed by atoms with E-state index in [0.717, 1.165) is 6.54 Å². The molecule has 0 unspecified atom stereocenters. The van der Waals surface area contributed by atoms with Crippen LogP contribution >= 0.6 is 0 Å². The SMILES string of the molecule is CCS(=O)(=O)N1CCC(C(=O)NCCN(C)C)CC1. The Labute approximate surface area is 116 Å². The lowest BCUT2D eigenvalue weighted by atomic mass is 9.97. The van der Waals surface area contributed by atoms with Gasteiger partial charge in [0.25, 0.3) is 0 Å². The molecule has 0 bridgehead atoms. The highest BCUT2D eigenvalue weighted by Gasteiger charge is 2.29. The Morgan fingerprint density at radius 3 is 2.37 bits per heavy atom. The summed E-state index contributed by atoms with van der Waals surface area (Å²) in [6.07, 6.45) is 1.24. The van der Waals surface area contributed by atoms with Crippen LogP contribution in [0.25, 0.3) is 0 Å². The summed E-state index contributed by atoms with van der Waals surface area (Å²) in [5.74, 6) is 0.132.